The van der Waals surface area contributed by atoms with E-state index in [1.54, 1.807) is 6.20 Å². The highest BCUT2D eigenvalue weighted by Gasteiger charge is 2.20. The standard InChI is InChI=1S/C14H22N2O2/c1-3-16(9-13-5-4-6-18-13)14-7-11(2)15-8-12(14)10-17/h7-8,13,17H,3-6,9-10H2,1-2H3. The average Bonchev–Trinajstić information content (AvgIpc) is 2.88. The van der Waals surface area contributed by atoms with Crippen molar-refractivity contribution in [3.05, 3.63) is 23.5 Å². The average molecular weight is 250 g/mol. The van der Waals surface area contributed by atoms with Crippen LogP contribution in [-0.4, -0.2) is 35.9 Å². The van der Waals surface area contributed by atoms with Gasteiger partial charge >= 0.3 is 0 Å². The Balaban J connectivity index is 2.17. The molecule has 1 fully saturated rings. The summed E-state index contributed by atoms with van der Waals surface area (Å²) in [5, 5.41) is 9.42. The molecule has 0 bridgehead atoms. The fourth-order valence-corrected chi connectivity index (χ4v) is 2.42. The topological polar surface area (TPSA) is 45.6 Å². The monoisotopic (exact) mass is 250 g/mol. The lowest BCUT2D eigenvalue weighted by Gasteiger charge is -2.28. The van der Waals surface area contributed by atoms with Crippen LogP contribution >= 0.6 is 0 Å². The first kappa shape index (κ1) is 13.3. The number of ether oxygens (including phenoxy) is 1. The molecule has 2 rings (SSSR count). The summed E-state index contributed by atoms with van der Waals surface area (Å²) in [6.45, 7) is 6.83. The molecule has 4 heteroatoms. The molecular formula is C14H22N2O2. The van der Waals surface area contributed by atoms with Crippen LogP contribution in [0.2, 0.25) is 0 Å². The molecule has 0 amide bonds. The van der Waals surface area contributed by atoms with Crippen molar-refractivity contribution in [2.45, 2.75) is 39.4 Å². The van der Waals surface area contributed by atoms with Crippen molar-refractivity contribution in [3.63, 3.8) is 0 Å². The highest BCUT2D eigenvalue weighted by Crippen LogP contribution is 2.23. The van der Waals surface area contributed by atoms with Crippen LogP contribution in [0.25, 0.3) is 0 Å². The Bertz CT molecular complexity index is 389. The number of anilines is 1. The summed E-state index contributed by atoms with van der Waals surface area (Å²) in [6.07, 6.45) is 4.38. The second-order valence-electron chi connectivity index (χ2n) is 4.79. The van der Waals surface area contributed by atoms with Gasteiger partial charge in [-0.15, -0.1) is 0 Å². The third-order valence-corrected chi connectivity index (χ3v) is 3.44. The van der Waals surface area contributed by atoms with Crippen molar-refractivity contribution in [3.8, 4) is 0 Å². The SMILES string of the molecule is CCN(CC1CCCO1)c1cc(C)ncc1CO. The third kappa shape index (κ3) is 3.00. The first-order valence-electron chi connectivity index (χ1n) is 6.67. The molecule has 0 spiro atoms. The molecule has 1 aliphatic heterocycles. The van der Waals surface area contributed by atoms with Crippen molar-refractivity contribution in [2.24, 2.45) is 0 Å². The summed E-state index contributed by atoms with van der Waals surface area (Å²) >= 11 is 0. The number of aryl methyl sites for hydroxylation is 1. The lowest BCUT2D eigenvalue weighted by atomic mass is 10.1. The largest absolute Gasteiger partial charge is 0.392 e. The summed E-state index contributed by atoms with van der Waals surface area (Å²) in [7, 11) is 0. The summed E-state index contributed by atoms with van der Waals surface area (Å²) in [6, 6.07) is 2.05. The van der Waals surface area contributed by atoms with Crippen LogP contribution in [0.1, 0.15) is 31.0 Å². The quantitative estimate of drug-likeness (QED) is 0.867. The van der Waals surface area contributed by atoms with E-state index in [-0.39, 0.29) is 6.61 Å². The first-order valence-corrected chi connectivity index (χ1v) is 6.67. The van der Waals surface area contributed by atoms with E-state index in [2.05, 4.69) is 16.8 Å². The van der Waals surface area contributed by atoms with Crippen LogP contribution in [0, 0.1) is 6.92 Å². The molecule has 1 unspecified atom stereocenters. The Labute approximate surface area is 109 Å². The van der Waals surface area contributed by atoms with E-state index in [4.69, 9.17) is 4.74 Å². The highest BCUT2D eigenvalue weighted by atomic mass is 16.5. The van der Waals surface area contributed by atoms with Gasteiger partial charge in [0.15, 0.2) is 0 Å². The van der Waals surface area contributed by atoms with Gasteiger partial charge in [0.25, 0.3) is 0 Å². The fraction of sp³-hybridized carbons (Fsp3) is 0.643. The van der Waals surface area contributed by atoms with E-state index < -0.39 is 0 Å². The Morgan fingerprint density at radius 1 is 1.56 bits per heavy atom. The Morgan fingerprint density at radius 3 is 3.00 bits per heavy atom. The van der Waals surface area contributed by atoms with E-state index in [1.165, 1.54) is 0 Å². The number of aliphatic hydroxyl groups excluding tert-OH is 1. The molecular weight excluding hydrogens is 228 g/mol. The minimum Gasteiger partial charge on any atom is -0.392 e. The van der Waals surface area contributed by atoms with Gasteiger partial charge in [0.1, 0.15) is 0 Å². The zero-order valence-corrected chi connectivity index (χ0v) is 11.2. The zero-order chi connectivity index (χ0) is 13.0. The number of nitrogens with zero attached hydrogens (tertiary/aromatic N) is 2. The van der Waals surface area contributed by atoms with Crippen LogP contribution in [0.3, 0.4) is 0 Å². The predicted octanol–water partition coefficient (Wildman–Crippen LogP) is 1.89. The summed E-state index contributed by atoms with van der Waals surface area (Å²) in [5.74, 6) is 0. The van der Waals surface area contributed by atoms with Gasteiger partial charge in [0, 0.05) is 42.8 Å². The molecule has 4 nitrogen and oxygen atoms in total. The number of hydrogen-bond donors (Lipinski definition) is 1. The van der Waals surface area contributed by atoms with Gasteiger partial charge in [-0.25, -0.2) is 0 Å². The molecule has 18 heavy (non-hydrogen) atoms. The van der Waals surface area contributed by atoms with Gasteiger partial charge in [-0.3, -0.25) is 4.98 Å². The molecule has 2 heterocycles. The van der Waals surface area contributed by atoms with Crippen LogP contribution in [0.5, 0.6) is 0 Å². The molecule has 1 saturated heterocycles. The summed E-state index contributed by atoms with van der Waals surface area (Å²) in [4.78, 5) is 6.52. The number of aliphatic hydroxyl groups is 1. The van der Waals surface area contributed by atoms with Crippen molar-refractivity contribution >= 4 is 5.69 Å². The van der Waals surface area contributed by atoms with Crippen molar-refractivity contribution in [1.29, 1.82) is 0 Å². The maximum Gasteiger partial charge on any atom is 0.0750 e. The molecule has 1 aromatic rings. The second kappa shape index (κ2) is 6.16. The van der Waals surface area contributed by atoms with E-state index in [0.29, 0.717) is 6.10 Å². The molecule has 1 aliphatic rings. The van der Waals surface area contributed by atoms with Crippen LogP contribution in [0.15, 0.2) is 12.3 Å². The zero-order valence-electron chi connectivity index (χ0n) is 11.2. The van der Waals surface area contributed by atoms with Gasteiger partial charge in [0.2, 0.25) is 0 Å². The number of pyridine rings is 1. The molecule has 0 aromatic carbocycles. The molecule has 1 atom stereocenters. The maximum atomic E-state index is 9.42. The maximum absolute atomic E-state index is 9.42. The van der Waals surface area contributed by atoms with E-state index >= 15 is 0 Å². The van der Waals surface area contributed by atoms with Crippen molar-refractivity contribution < 1.29 is 9.84 Å². The van der Waals surface area contributed by atoms with Crippen molar-refractivity contribution in [1.82, 2.24) is 4.98 Å². The second-order valence-corrected chi connectivity index (χ2v) is 4.79. The number of rotatable bonds is 5. The Morgan fingerprint density at radius 2 is 2.39 bits per heavy atom. The number of likely N-dealkylation sites (N-methyl/N-ethyl adjacent to an activating group) is 1. The summed E-state index contributed by atoms with van der Waals surface area (Å²) in [5.41, 5.74) is 2.96. The smallest absolute Gasteiger partial charge is 0.0750 e. The normalized spacial score (nSPS) is 19.2. The van der Waals surface area contributed by atoms with Crippen molar-refractivity contribution in [2.75, 3.05) is 24.6 Å². The lowest BCUT2D eigenvalue weighted by Crippen LogP contribution is -2.32. The van der Waals surface area contributed by atoms with Crippen LogP contribution in [-0.2, 0) is 11.3 Å². The van der Waals surface area contributed by atoms with Gasteiger partial charge < -0.3 is 14.7 Å². The molecule has 100 valence electrons. The number of aromatic nitrogens is 1. The third-order valence-electron chi connectivity index (χ3n) is 3.44. The van der Waals surface area contributed by atoms with Crippen LogP contribution in [0.4, 0.5) is 5.69 Å². The van der Waals surface area contributed by atoms with Gasteiger partial charge in [0.05, 0.1) is 12.7 Å². The first-order chi connectivity index (χ1) is 8.74. The van der Waals surface area contributed by atoms with E-state index in [9.17, 15) is 5.11 Å². The van der Waals surface area contributed by atoms with Gasteiger partial charge in [-0.2, -0.15) is 0 Å². The van der Waals surface area contributed by atoms with E-state index in [1.807, 2.05) is 13.0 Å². The van der Waals surface area contributed by atoms with E-state index in [0.717, 1.165) is 49.5 Å². The Hall–Kier alpha value is -1.13. The molecule has 1 N–H and O–H groups in total. The molecule has 0 saturated carbocycles. The lowest BCUT2D eigenvalue weighted by molar-refractivity contribution is 0.115. The van der Waals surface area contributed by atoms with Gasteiger partial charge in [-0.05, 0) is 32.8 Å². The number of hydrogen-bond acceptors (Lipinski definition) is 4. The molecule has 0 aliphatic carbocycles. The minimum atomic E-state index is 0.0324. The minimum absolute atomic E-state index is 0.0324. The van der Waals surface area contributed by atoms with Gasteiger partial charge in [-0.1, -0.05) is 0 Å². The fourth-order valence-electron chi connectivity index (χ4n) is 2.42. The van der Waals surface area contributed by atoms with Crippen LogP contribution < -0.4 is 4.90 Å². The highest BCUT2D eigenvalue weighted by molar-refractivity contribution is 5.53. The Kier molecular flexibility index (Phi) is 4.55. The summed E-state index contributed by atoms with van der Waals surface area (Å²) < 4.78 is 5.69. The molecule has 0 radical (unpaired) electrons. The molecule has 1 aromatic heterocycles. The predicted molar refractivity (Wildman–Crippen MR) is 71.8 cm³/mol.